The molecule has 0 aliphatic rings. The van der Waals surface area contributed by atoms with Gasteiger partial charge in [0.2, 0.25) is 0 Å². The lowest BCUT2D eigenvalue weighted by Crippen LogP contribution is -1.86. The van der Waals surface area contributed by atoms with E-state index in [2.05, 4.69) is 0 Å². The van der Waals surface area contributed by atoms with E-state index < -0.39 is 0 Å². The van der Waals surface area contributed by atoms with Gasteiger partial charge in [0, 0.05) is 0 Å². The van der Waals surface area contributed by atoms with Crippen molar-refractivity contribution in [3.05, 3.63) is 0 Å². The Morgan fingerprint density at radius 1 is 0.667 bits per heavy atom. The highest BCUT2D eigenvalue weighted by molar-refractivity contribution is 7.99. The van der Waals surface area contributed by atoms with Gasteiger partial charge in [-0.15, -0.1) is 23.5 Å². The molecule has 0 rings (SSSR count). The molecule has 74 valence electrons. The van der Waals surface area contributed by atoms with E-state index in [9.17, 15) is 0 Å². The number of hydrogen-bond acceptors (Lipinski definition) is 4. The predicted molar refractivity (Wildman–Crippen MR) is 57.6 cm³/mol. The summed E-state index contributed by atoms with van der Waals surface area (Å²) in [5.74, 6) is 2.65. The van der Waals surface area contributed by atoms with Crippen LogP contribution in [0.25, 0.3) is 0 Å². The average molecular weight is 210 g/mol. The van der Waals surface area contributed by atoms with Crippen molar-refractivity contribution in [3.63, 3.8) is 0 Å². The second kappa shape index (κ2) is 11.6. The standard InChI is InChI=1S/C8H18O2S2/c9-7-11-5-3-1-2-4-6-12-8-10/h9-10H,1-8H2. The van der Waals surface area contributed by atoms with E-state index >= 15 is 0 Å². The van der Waals surface area contributed by atoms with Gasteiger partial charge in [0.1, 0.15) is 0 Å². The smallest absolute Gasteiger partial charge is 0.0885 e. The van der Waals surface area contributed by atoms with Gasteiger partial charge in [-0.25, -0.2) is 0 Å². The molecule has 0 radical (unpaired) electrons. The summed E-state index contributed by atoms with van der Waals surface area (Å²) in [6, 6.07) is 0. The maximum Gasteiger partial charge on any atom is 0.0885 e. The Labute approximate surface area is 83.1 Å². The van der Waals surface area contributed by atoms with Crippen molar-refractivity contribution in [2.75, 3.05) is 23.4 Å². The Hall–Kier alpha value is 0.620. The Morgan fingerprint density at radius 2 is 1.08 bits per heavy atom. The van der Waals surface area contributed by atoms with Crippen molar-refractivity contribution in [1.82, 2.24) is 0 Å². The largest absolute Gasteiger partial charge is 0.386 e. The Morgan fingerprint density at radius 3 is 1.42 bits per heavy atom. The molecule has 0 aromatic rings. The summed E-state index contributed by atoms with van der Waals surface area (Å²) in [5, 5.41) is 16.9. The molecular formula is C8H18O2S2. The first-order valence-corrected chi connectivity index (χ1v) is 6.60. The first-order chi connectivity index (χ1) is 5.91. The van der Waals surface area contributed by atoms with Crippen LogP contribution < -0.4 is 0 Å². The monoisotopic (exact) mass is 210 g/mol. The summed E-state index contributed by atoms with van der Waals surface area (Å²) in [7, 11) is 0. The predicted octanol–water partition coefficient (Wildman–Crippen LogP) is 1.91. The van der Waals surface area contributed by atoms with E-state index in [-0.39, 0.29) is 11.9 Å². The van der Waals surface area contributed by atoms with Crippen LogP contribution in [0.1, 0.15) is 25.7 Å². The minimum absolute atomic E-state index is 0.250. The lowest BCUT2D eigenvalue weighted by atomic mass is 10.2. The number of thioether (sulfide) groups is 2. The van der Waals surface area contributed by atoms with Gasteiger partial charge in [-0.2, -0.15) is 0 Å². The molecule has 0 saturated heterocycles. The maximum absolute atomic E-state index is 8.47. The van der Waals surface area contributed by atoms with Crippen LogP contribution in [0.3, 0.4) is 0 Å². The molecule has 0 bridgehead atoms. The van der Waals surface area contributed by atoms with E-state index in [0.29, 0.717) is 0 Å². The summed E-state index contributed by atoms with van der Waals surface area (Å²) in [6.45, 7) is 0. The lowest BCUT2D eigenvalue weighted by molar-refractivity contribution is 0.374. The van der Waals surface area contributed by atoms with Gasteiger partial charge in [0.25, 0.3) is 0 Å². The van der Waals surface area contributed by atoms with E-state index in [1.165, 1.54) is 25.7 Å². The number of aliphatic hydroxyl groups is 2. The first kappa shape index (κ1) is 12.6. The minimum Gasteiger partial charge on any atom is -0.386 e. The third-order valence-corrected chi connectivity index (χ3v) is 3.03. The zero-order chi connectivity index (χ0) is 9.07. The highest BCUT2D eigenvalue weighted by Crippen LogP contribution is 2.09. The van der Waals surface area contributed by atoms with Crippen molar-refractivity contribution in [2.45, 2.75) is 25.7 Å². The number of aliphatic hydroxyl groups excluding tert-OH is 2. The topological polar surface area (TPSA) is 40.5 Å². The lowest BCUT2D eigenvalue weighted by Gasteiger charge is -1.99. The van der Waals surface area contributed by atoms with Gasteiger partial charge in [-0.05, 0) is 24.3 Å². The molecular weight excluding hydrogens is 192 g/mol. The van der Waals surface area contributed by atoms with Crippen molar-refractivity contribution in [3.8, 4) is 0 Å². The summed E-state index contributed by atoms with van der Waals surface area (Å²) in [6.07, 6.45) is 4.90. The second-order valence-corrected chi connectivity index (χ2v) is 4.64. The Bertz CT molecular complexity index is 71.5. The van der Waals surface area contributed by atoms with E-state index in [1.54, 1.807) is 23.5 Å². The van der Waals surface area contributed by atoms with Gasteiger partial charge in [-0.1, -0.05) is 12.8 Å². The molecule has 0 aliphatic carbocycles. The van der Waals surface area contributed by atoms with Crippen LogP contribution in [0.2, 0.25) is 0 Å². The third-order valence-electron chi connectivity index (χ3n) is 1.51. The summed E-state index contributed by atoms with van der Waals surface area (Å²) < 4.78 is 0. The highest BCUT2D eigenvalue weighted by Gasteiger charge is 1.90. The summed E-state index contributed by atoms with van der Waals surface area (Å²) >= 11 is 3.17. The Kier molecular flexibility index (Phi) is 12.2. The molecule has 0 amide bonds. The van der Waals surface area contributed by atoms with Crippen LogP contribution in [0.5, 0.6) is 0 Å². The molecule has 0 aromatic heterocycles. The van der Waals surface area contributed by atoms with Crippen molar-refractivity contribution < 1.29 is 10.2 Å². The fourth-order valence-electron chi connectivity index (χ4n) is 0.891. The van der Waals surface area contributed by atoms with Crippen LogP contribution in [0.15, 0.2) is 0 Å². The van der Waals surface area contributed by atoms with Crippen molar-refractivity contribution in [2.24, 2.45) is 0 Å². The summed E-state index contributed by atoms with van der Waals surface area (Å²) in [5.41, 5.74) is 0. The van der Waals surface area contributed by atoms with Crippen LogP contribution in [-0.2, 0) is 0 Å². The van der Waals surface area contributed by atoms with Crippen LogP contribution in [0, 0.1) is 0 Å². The highest BCUT2D eigenvalue weighted by atomic mass is 32.2. The van der Waals surface area contributed by atoms with E-state index in [1.807, 2.05) is 0 Å². The first-order valence-electron chi connectivity index (χ1n) is 4.29. The molecule has 0 saturated carbocycles. The normalized spacial score (nSPS) is 10.5. The van der Waals surface area contributed by atoms with E-state index in [4.69, 9.17) is 10.2 Å². The molecule has 12 heavy (non-hydrogen) atoms. The average Bonchev–Trinajstić information content (AvgIpc) is 2.10. The molecule has 0 aromatic carbocycles. The quantitative estimate of drug-likeness (QED) is 0.450. The maximum atomic E-state index is 8.47. The third kappa shape index (κ3) is 10.6. The van der Waals surface area contributed by atoms with Crippen LogP contribution >= 0.6 is 23.5 Å². The van der Waals surface area contributed by atoms with Gasteiger partial charge >= 0.3 is 0 Å². The number of rotatable bonds is 9. The molecule has 0 fully saturated rings. The molecule has 0 atom stereocenters. The fraction of sp³-hybridized carbons (Fsp3) is 1.00. The Balaban J connectivity index is 2.73. The van der Waals surface area contributed by atoms with Gasteiger partial charge in [0.15, 0.2) is 0 Å². The number of hydrogen-bond donors (Lipinski definition) is 2. The fourth-order valence-corrected chi connectivity index (χ4v) is 1.97. The summed E-state index contributed by atoms with van der Waals surface area (Å²) in [4.78, 5) is 0. The molecule has 0 spiro atoms. The zero-order valence-corrected chi connectivity index (χ0v) is 9.00. The van der Waals surface area contributed by atoms with Gasteiger partial charge < -0.3 is 10.2 Å². The van der Waals surface area contributed by atoms with Gasteiger partial charge in [-0.3, -0.25) is 0 Å². The molecule has 0 aliphatic heterocycles. The zero-order valence-electron chi connectivity index (χ0n) is 7.37. The number of unbranched alkanes of at least 4 members (excludes halogenated alkanes) is 3. The molecule has 4 heteroatoms. The van der Waals surface area contributed by atoms with Crippen LogP contribution in [-0.4, -0.2) is 33.6 Å². The van der Waals surface area contributed by atoms with Crippen molar-refractivity contribution in [1.29, 1.82) is 0 Å². The van der Waals surface area contributed by atoms with E-state index in [0.717, 1.165) is 11.5 Å². The van der Waals surface area contributed by atoms with Gasteiger partial charge in [0.05, 0.1) is 11.9 Å². The molecule has 2 N–H and O–H groups in total. The second-order valence-electron chi connectivity index (χ2n) is 2.49. The molecule has 0 heterocycles. The SMILES string of the molecule is OCSCCCCCCSCO. The van der Waals surface area contributed by atoms with Crippen molar-refractivity contribution >= 4 is 23.5 Å². The van der Waals surface area contributed by atoms with Crippen LogP contribution in [0.4, 0.5) is 0 Å². The molecule has 0 unspecified atom stereocenters. The molecule has 2 nitrogen and oxygen atoms in total. The minimum atomic E-state index is 0.250.